The van der Waals surface area contributed by atoms with E-state index in [9.17, 15) is 8.42 Å². The second-order valence-corrected chi connectivity index (χ2v) is 11.2. The zero-order chi connectivity index (χ0) is 23.2. The molecule has 8 nitrogen and oxygen atoms in total. The fraction of sp³-hybridized carbons (Fsp3) is 0.500. The number of nitrogens with zero attached hydrogens (tertiary/aromatic N) is 3. The van der Waals surface area contributed by atoms with Crippen LogP contribution in [0.3, 0.4) is 0 Å². The largest absolute Gasteiger partial charge is 0.354 e. The summed E-state index contributed by atoms with van der Waals surface area (Å²) in [4.78, 5) is 9.57. The molecule has 2 fully saturated rings. The Morgan fingerprint density at radius 2 is 1.94 bits per heavy atom. The van der Waals surface area contributed by atoms with Gasteiger partial charge in [0.05, 0.1) is 4.90 Å². The summed E-state index contributed by atoms with van der Waals surface area (Å²) in [6.45, 7) is 3.00. The van der Waals surface area contributed by atoms with Crippen molar-refractivity contribution in [2.24, 2.45) is 16.3 Å². The minimum Gasteiger partial charge on any atom is -0.354 e. The third-order valence-corrected chi connectivity index (χ3v) is 8.32. The molecule has 3 aromatic rings. The molecule has 2 aliphatic carbocycles. The Balaban J connectivity index is 1.54. The monoisotopic (exact) mass is 468 g/mol. The molecule has 0 bridgehead atoms. The van der Waals surface area contributed by atoms with E-state index in [-0.39, 0.29) is 4.90 Å². The van der Waals surface area contributed by atoms with Crippen LogP contribution >= 0.6 is 0 Å². The highest BCUT2D eigenvalue weighted by Crippen LogP contribution is 2.64. The minimum absolute atomic E-state index is 0.105. The van der Waals surface area contributed by atoms with Crippen LogP contribution in [0.1, 0.15) is 57.9 Å². The predicted octanol–water partition coefficient (Wildman–Crippen LogP) is 3.79. The standard InChI is InChI=1S/C24H32N6O2S/c1-2-3-12-27-23-28-14-19-20(16-4-6-18(7-5-16)33(26,31)32)15-30(22(19)29-23)21-13-24(21)10-8-17(25)9-11-24/h4-7,14-15,17,21H,2-3,8-13,25H2,1H3,(H2,26,31,32)(H,27,28,29)/t17?,21-,24?/m1/s1. The molecule has 2 aromatic heterocycles. The average molecular weight is 469 g/mol. The zero-order valence-electron chi connectivity index (χ0n) is 19.0. The van der Waals surface area contributed by atoms with E-state index < -0.39 is 10.0 Å². The smallest absolute Gasteiger partial charge is 0.238 e. The molecule has 5 N–H and O–H groups in total. The van der Waals surface area contributed by atoms with Crippen molar-refractivity contribution in [1.29, 1.82) is 0 Å². The summed E-state index contributed by atoms with van der Waals surface area (Å²) in [5, 5.41) is 9.58. The van der Waals surface area contributed by atoms with Crippen molar-refractivity contribution >= 4 is 27.0 Å². The summed E-state index contributed by atoms with van der Waals surface area (Å²) in [6.07, 6.45) is 11.8. The fourth-order valence-electron chi connectivity index (χ4n) is 5.26. The maximum absolute atomic E-state index is 11.7. The summed E-state index contributed by atoms with van der Waals surface area (Å²) < 4.78 is 25.7. The fourth-order valence-corrected chi connectivity index (χ4v) is 5.77. The van der Waals surface area contributed by atoms with Crippen LogP contribution in [-0.4, -0.2) is 35.5 Å². The predicted molar refractivity (Wildman–Crippen MR) is 130 cm³/mol. The quantitative estimate of drug-likeness (QED) is 0.453. The van der Waals surface area contributed by atoms with E-state index in [2.05, 4.69) is 28.0 Å². The van der Waals surface area contributed by atoms with Gasteiger partial charge in [-0.1, -0.05) is 25.5 Å². The van der Waals surface area contributed by atoms with Gasteiger partial charge in [0.15, 0.2) is 0 Å². The first-order valence-electron chi connectivity index (χ1n) is 11.8. The minimum atomic E-state index is -3.73. The van der Waals surface area contributed by atoms with E-state index in [1.54, 1.807) is 24.3 Å². The number of unbranched alkanes of at least 4 members (excludes halogenated alkanes) is 1. The van der Waals surface area contributed by atoms with Gasteiger partial charge < -0.3 is 15.6 Å². The lowest BCUT2D eigenvalue weighted by atomic mass is 9.83. The second-order valence-electron chi connectivity index (χ2n) is 9.65. The Kier molecular flexibility index (Phi) is 5.66. The highest BCUT2D eigenvalue weighted by atomic mass is 32.2. The lowest BCUT2D eigenvalue weighted by Crippen LogP contribution is -2.28. The highest BCUT2D eigenvalue weighted by molar-refractivity contribution is 7.89. The van der Waals surface area contributed by atoms with Crippen LogP contribution < -0.4 is 16.2 Å². The maximum Gasteiger partial charge on any atom is 0.238 e. The van der Waals surface area contributed by atoms with Crippen LogP contribution in [0.2, 0.25) is 0 Å². The summed E-state index contributed by atoms with van der Waals surface area (Å²) in [5.41, 5.74) is 9.33. The lowest BCUT2D eigenvalue weighted by molar-refractivity contribution is 0.283. The summed E-state index contributed by atoms with van der Waals surface area (Å²) in [7, 11) is -3.73. The number of nitrogens with two attached hydrogens (primary N) is 2. The lowest BCUT2D eigenvalue weighted by Gasteiger charge is -2.27. The third-order valence-electron chi connectivity index (χ3n) is 7.39. The third kappa shape index (κ3) is 4.25. The van der Waals surface area contributed by atoms with E-state index in [0.29, 0.717) is 23.4 Å². The Hall–Kier alpha value is -2.49. The molecule has 1 spiro atoms. The normalized spacial score (nSPS) is 24.9. The van der Waals surface area contributed by atoms with E-state index in [1.807, 2.05) is 6.20 Å². The van der Waals surface area contributed by atoms with Gasteiger partial charge in [-0.05, 0) is 61.6 Å². The maximum atomic E-state index is 11.7. The topological polar surface area (TPSA) is 129 Å². The van der Waals surface area contributed by atoms with E-state index in [0.717, 1.165) is 73.7 Å². The first kappa shape index (κ1) is 22.3. The molecule has 0 saturated heterocycles. The molecule has 33 heavy (non-hydrogen) atoms. The second kappa shape index (κ2) is 8.38. The molecule has 0 aliphatic heterocycles. The van der Waals surface area contributed by atoms with Gasteiger partial charge in [-0.2, -0.15) is 4.98 Å². The molecule has 2 heterocycles. The average Bonchev–Trinajstić information content (AvgIpc) is 3.36. The van der Waals surface area contributed by atoms with Crippen LogP contribution in [-0.2, 0) is 10.0 Å². The number of hydrogen-bond donors (Lipinski definition) is 3. The summed E-state index contributed by atoms with van der Waals surface area (Å²) >= 11 is 0. The van der Waals surface area contributed by atoms with Gasteiger partial charge >= 0.3 is 0 Å². The summed E-state index contributed by atoms with van der Waals surface area (Å²) in [6, 6.07) is 7.43. The molecule has 0 radical (unpaired) electrons. The molecule has 176 valence electrons. The van der Waals surface area contributed by atoms with E-state index in [4.69, 9.17) is 15.9 Å². The number of anilines is 1. The van der Waals surface area contributed by atoms with Gasteiger partial charge in [-0.3, -0.25) is 0 Å². The Labute approximate surface area is 194 Å². The molecule has 9 heteroatoms. The number of fused-ring (bicyclic) bond motifs is 1. The van der Waals surface area contributed by atoms with Gasteiger partial charge in [-0.15, -0.1) is 0 Å². The molecule has 2 saturated carbocycles. The summed E-state index contributed by atoms with van der Waals surface area (Å²) in [5.74, 6) is 0.645. The number of sulfonamides is 1. The number of benzene rings is 1. The molecular weight excluding hydrogens is 436 g/mol. The van der Waals surface area contributed by atoms with Crippen molar-refractivity contribution in [2.45, 2.75) is 68.8 Å². The Bertz CT molecular complexity index is 1260. The highest BCUT2D eigenvalue weighted by Gasteiger charge is 2.56. The van der Waals surface area contributed by atoms with Crippen molar-refractivity contribution in [3.05, 3.63) is 36.7 Å². The number of nitrogens with one attached hydrogen (secondary N) is 1. The van der Waals surface area contributed by atoms with Crippen LogP contribution in [0, 0.1) is 5.41 Å². The van der Waals surface area contributed by atoms with Gasteiger partial charge in [0.25, 0.3) is 0 Å². The molecule has 1 atom stereocenters. The van der Waals surface area contributed by atoms with Gasteiger partial charge in [-0.25, -0.2) is 18.5 Å². The van der Waals surface area contributed by atoms with Crippen molar-refractivity contribution in [3.63, 3.8) is 0 Å². The molecule has 0 amide bonds. The number of primary sulfonamides is 1. The first-order chi connectivity index (χ1) is 15.8. The zero-order valence-corrected chi connectivity index (χ0v) is 19.8. The van der Waals surface area contributed by atoms with Crippen LogP contribution in [0.15, 0.2) is 41.6 Å². The first-order valence-corrected chi connectivity index (χ1v) is 13.4. The van der Waals surface area contributed by atoms with Crippen molar-refractivity contribution in [3.8, 4) is 11.1 Å². The SMILES string of the molecule is CCCCNc1ncc2c(-c3ccc(S(N)(=O)=O)cc3)cn([C@@H]3CC34CCC(N)CC4)c2n1. The Morgan fingerprint density at radius 1 is 1.21 bits per heavy atom. The van der Waals surface area contributed by atoms with Crippen LogP contribution in [0.4, 0.5) is 5.95 Å². The molecule has 2 aliphatic rings. The number of rotatable bonds is 7. The molecule has 5 rings (SSSR count). The molecular formula is C24H32N6O2S. The van der Waals surface area contributed by atoms with Gasteiger partial charge in [0.2, 0.25) is 16.0 Å². The van der Waals surface area contributed by atoms with Crippen molar-refractivity contribution in [1.82, 2.24) is 14.5 Å². The van der Waals surface area contributed by atoms with Crippen molar-refractivity contribution < 1.29 is 8.42 Å². The van der Waals surface area contributed by atoms with Crippen LogP contribution in [0.25, 0.3) is 22.2 Å². The van der Waals surface area contributed by atoms with Gasteiger partial charge in [0.1, 0.15) is 5.65 Å². The van der Waals surface area contributed by atoms with E-state index >= 15 is 0 Å². The van der Waals surface area contributed by atoms with Crippen LogP contribution in [0.5, 0.6) is 0 Å². The molecule has 1 aromatic carbocycles. The van der Waals surface area contributed by atoms with Gasteiger partial charge in [0, 0.05) is 42.0 Å². The Morgan fingerprint density at radius 3 is 2.61 bits per heavy atom. The molecule has 0 unspecified atom stereocenters. The van der Waals surface area contributed by atoms with E-state index in [1.165, 1.54) is 0 Å². The number of aromatic nitrogens is 3. The van der Waals surface area contributed by atoms with Crippen molar-refractivity contribution in [2.75, 3.05) is 11.9 Å². The number of hydrogen-bond acceptors (Lipinski definition) is 6.